The molecule has 4 heteroatoms. The van der Waals surface area contributed by atoms with Gasteiger partial charge in [-0.15, -0.1) is 11.6 Å². The maximum Gasteiger partial charge on any atom is 0.152 e. The molecule has 82 valence electrons. The number of rotatable bonds is 4. The molecule has 1 atom stereocenters. The van der Waals surface area contributed by atoms with Gasteiger partial charge in [-0.05, 0) is 32.0 Å². The lowest BCUT2D eigenvalue weighted by molar-refractivity contribution is -0.116. The summed E-state index contributed by atoms with van der Waals surface area (Å²) in [5.41, 5.74) is 0.162. The van der Waals surface area contributed by atoms with E-state index in [2.05, 4.69) is 0 Å². The summed E-state index contributed by atoms with van der Waals surface area (Å²) < 4.78 is 18.5. The van der Waals surface area contributed by atoms with E-state index in [4.69, 9.17) is 16.3 Å². The number of halogens is 2. The highest BCUT2D eigenvalue weighted by atomic mass is 35.5. The number of hydrogen-bond acceptors (Lipinski definition) is 2. The molecule has 1 rings (SSSR count). The molecule has 15 heavy (non-hydrogen) atoms. The fourth-order valence-electron chi connectivity index (χ4n) is 1.19. The molecule has 0 N–H and O–H groups in total. The topological polar surface area (TPSA) is 26.3 Å². The highest BCUT2D eigenvalue weighted by Crippen LogP contribution is 2.27. The van der Waals surface area contributed by atoms with Crippen LogP contribution in [-0.4, -0.2) is 12.4 Å². The van der Waals surface area contributed by atoms with Gasteiger partial charge in [0.15, 0.2) is 5.78 Å². The van der Waals surface area contributed by atoms with E-state index in [1.165, 1.54) is 25.1 Å². The zero-order valence-corrected chi connectivity index (χ0v) is 9.34. The maximum absolute atomic E-state index is 13.3. The third kappa shape index (κ3) is 2.93. The van der Waals surface area contributed by atoms with E-state index in [1.807, 2.05) is 6.92 Å². The largest absolute Gasteiger partial charge is 0.494 e. The number of benzene rings is 1. The highest BCUT2D eigenvalue weighted by molar-refractivity contribution is 6.30. The molecule has 1 aromatic carbocycles. The van der Waals surface area contributed by atoms with E-state index >= 15 is 0 Å². The summed E-state index contributed by atoms with van der Waals surface area (Å²) in [7, 11) is 0. The molecule has 1 unspecified atom stereocenters. The van der Waals surface area contributed by atoms with Crippen molar-refractivity contribution in [1.29, 1.82) is 0 Å². The first-order valence-corrected chi connectivity index (χ1v) is 5.06. The summed E-state index contributed by atoms with van der Waals surface area (Å²) in [5, 5.41) is -0.953. The molecular formula is C11H12ClFO2. The quantitative estimate of drug-likeness (QED) is 0.743. The van der Waals surface area contributed by atoms with Gasteiger partial charge in [-0.1, -0.05) is 0 Å². The minimum Gasteiger partial charge on any atom is -0.494 e. The van der Waals surface area contributed by atoms with Crippen LogP contribution in [0.25, 0.3) is 0 Å². The van der Waals surface area contributed by atoms with Crippen LogP contribution in [0, 0.1) is 5.82 Å². The molecule has 0 bridgehead atoms. The fourth-order valence-corrected chi connectivity index (χ4v) is 1.36. The molecule has 0 saturated carbocycles. The van der Waals surface area contributed by atoms with Crippen molar-refractivity contribution >= 4 is 17.4 Å². The molecule has 0 spiro atoms. The summed E-state index contributed by atoms with van der Waals surface area (Å²) in [6.45, 7) is 3.63. The first-order chi connectivity index (χ1) is 7.06. The monoisotopic (exact) mass is 230 g/mol. The van der Waals surface area contributed by atoms with Gasteiger partial charge in [0.1, 0.15) is 16.9 Å². The third-order valence-electron chi connectivity index (χ3n) is 1.91. The molecule has 0 aliphatic rings. The molecule has 2 nitrogen and oxygen atoms in total. The summed E-state index contributed by atoms with van der Waals surface area (Å²) in [4.78, 5) is 11.0. The first kappa shape index (κ1) is 12.0. The van der Waals surface area contributed by atoms with Gasteiger partial charge in [-0.25, -0.2) is 4.39 Å². The Hall–Kier alpha value is -1.09. The lowest BCUT2D eigenvalue weighted by Gasteiger charge is -2.10. The highest BCUT2D eigenvalue weighted by Gasteiger charge is 2.18. The Morgan fingerprint density at radius 1 is 1.60 bits per heavy atom. The standard InChI is InChI=1S/C11H12ClFO2/c1-3-15-8-4-5-10(13)9(6-8)11(12)7(2)14/h4-6,11H,3H2,1-2H3. The molecule has 0 aromatic heterocycles. The van der Waals surface area contributed by atoms with Crippen LogP contribution in [0.2, 0.25) is 0 Å². The van der Waals surface area contributed by atoms with E-state index in [1.54, 1.807) is 0 Å². The van der Waals surface area contributed by atoms with Gasteiger partial charge in [0.05, 0.1) is 6.61 Å². The van der Waals surface area contributed by atoms with Crippen molar-refractivity contribution in [3.05, 3.63) is 29.6 Å². The van der Waals surface area contributed by atoms with Gasteiger partial charge in [-0.2, -0.15) is 0 Å². The predicted octanol–water partition coefficient (Wildman–Crippen LogP) is 3.09. The van der Waals surface area contributed by atoms with Crippen LogP contribution in [0.5, 0.6) is 5.75 Å². The first-order valence-electron chi connectivity index (χ1n) is 4.63. The van der Waals surface area contributed by atoms with Gasteiger partial charge < -0.3 is 4.74 Å². The van der Waals surface area contributed by atoms with Crippen molar-refractivity contribution in [2.45, 2.75) is 19.2 Å². The Morgan fingerprint density at radius 3 is 2.80 bits per heavy atom. The van der Waals surface area contributed by atoms with Crippen LogP contribution in [0.4, 0.5) is 4.39 Å². The number of Topliss-reactive ketones (excluding diaryl/α,β-unsaturated/α-hetero) is 1. The normalized spacial score (nSPS) is 12.3. The van der Waals surface area contributed by atoms with E-state index in [-0.39, 0.29) is 11.3 Å². The fraction of sp³-hybridized carbons (Fsp3) is 0.364. The van der Waals surface area contributed by atoms with Crippen LogP contribution in [0.3, 0.4) is 0 Å². The van der Waals surface area contributed by atoms with E-state index in [0.717, 1.165) is 0 Å². The van der Waals surface area contributed by atoms with E-state index in [0.29, 0.717) is 12.4 Å². The average Bonchev–Trinajstić information content (AvgIpc) is 2.20. The molecule has 0 saturated heterocycles. The number of hydrogen-bond donors (Lipinski definition) is 0. The SMILES string of the molecule is CCOc1ccc(F)c(C(Cl)C(C)=O)c1. The number of carbonyl (C=O) groups is 1. The van der Waals surface area contributed by atoms with E-state index in [9.17, 15) is 9.18 Å². The van der Waals surface area contributed by atoms with Crippen LogP contribution >= 0.6 is 11.6 Å². The summed E-state index contributed by atoms with van der Waals surface area (Å²) in [5.74, 6) is -0.265. The Balaban J connectivity index is 3.04. The second kappa shape index (κ2) is 5.12. The molecule has 0 aliphatic heterocycles. The number of carbonyl (C=O) groups excluding carboxylic acids is 1. The number of ketones is 1. The van der Waals surface area contributed by atoms with Crippen LogP contribution in [0.15, 0.2) is 18.2 Å². The lowest BCUT2D eigenvalue weighted by atomic mass is 10.1. The third-order valence-corrected chi connectivity index (χ3v) is 2.45. The Kier molecular flexibility index (Phi) is 4.09. The molecule has 1 aromatic rings. The zero-order chi connectivity index (χ0) is 11.4. The van der Waals surface area contributed by atoms with Crippen molar-refractivity contribution in [2.24, 2.45) is 0 Å². The summed E-state index contributed by atoms with van der Waals surface area (Å²) in [6.07, 6.45) is 0. The number of alkyl halides is 1. The number of ether oxygens (including phenoxy) is 1. The molecular weight excluding hydrogens is 219 g/mol. The molecule has 0 heterocycles. The minimum absolute atomic E-state index is 0.162. The van der Waals surface area contributed by atoms with Gasteiger partial charge in [0, 0.05) is 5.56 Å². The van der Waals surface area contributed by atoms with E-state index < -0.39 is 11.2 Å². The predicted molar refractivity (Wildman–Crippen MR) is 56.8 cm³/mol. The zero-order valence-electron chi connectivity index (χ0n) is 8.59. The maximum atomic E-state index is 13.3. The van der Waals surface area contributed by atoms with Crippen molar-refractivity contribution in [2.75, 3.05) is 6.61 Å². The van der Waals surface area contributed by atoms with Gasteiger partial charge in [0.25, 0.3) is 0 Å². The summed E-state index contributed by atoms with van der Waals surface area (Å²) in [6, 6.07) is 4.21. The van der Waals surface area contributed by atoms with Gasteiger partial charge in [-0.3, -0.25) is 4.79 Å². The molecule has 0 aliphatic carbocycles. The van der Waals surface area contributed by atoms with Crippen molar-refractivity contribution in [3.63, 3.8) is 0 Å². The smallest absolute Gasteiger partial charge is 0.152 e. The van der Waals surface area contributed by atoms with Crippen molar-refractivity contribution in [3.8, 4) is 5.75 Å². The van der Waals surface area contributed by atoms with Gasteiger partial charge >= 0.3 is 0 Å². The molecule has 0 radical (unpaired) electrons. The van der Waals surface area contributed by atoms with Crippen LogP contribution in [-0.2, 0) is 4.79 Å². The summed E-state index contributed by atoms with van der Waals surface area (Å²) >= 11 is 5.77. The van der Waals surface area contributed by atoms with Crippen molar-refractivity contribution < 1.29 is 13.9 Å². The second-order valence-electron chi connectivity index (χ2n) is 3.09. The average molecular weight is 231 g/mol. The second-order valence-corrected chi connectivity index (χ2v) is 3.53. The Bertz CT molecular complexity index is 366. The molecule has 0 amide bonds. The minimum atomic E-state index is -0.953. The Labute approximate surface area is 93.0 Å². The van der Waals surface area contributed by atoms with Crippen LogP contribution in [0.1, 0.15) is 24.8 Å². The van der Waals surface area contributed by atoms with Gasteiger partial charge in [0.2, 0.25) is 0 Å². The van der Waals surface area contributed by atoms with Crippen LogP contribution < -0.4 is 4.74 Å². The van der Waals surface area contributed by atoms with Crippen molar-refractivity contribution in [1.82, 2.24) is 0 Å². The molecule has 0 fully saturated rings. The lowest BCUT2D eigenvalue weighted by Crippen LogP contribution is -2.05. The Morgan fingerprint density at radius 2 is 2.27 bits per heavy atom.